The molecule has 0 aliphatic rings. The van der Waals surface area contributed by atoms with Gasteiger partial charge in [-0.25, -0.2) is 0 Å². The highest BCUT2D eigenvalue weighted by Gasteiger charge is 2.36. The van der Waals surface area contributed by atoms with E-state index in [-0.39, 0.29) is 24.2 Å². The average molecular weight is 200 g/mol. The minimum Gasteiger partial charge on any atom is -0.409 e. The highest BCUT2D eigenvalue weighted by atomic mass is 16.6. The van der Waals surface area contributed by atoms with Crippen molar-refractivity contribution in [3.05, 3.63) is 0 Å². The van der Waals surface area contributed by atoms with Crippen LogP contribution in [0.2, 0.25) is 6.82 Å². The Labute approximate surface area is 89.5 Å². The monoisotopic (exact) mass is 200 g/mol. The Hall–Kier alpha value is -0.0151. The van der Waals surface area contributed by atoms with E-state index in [1.807, 2.05) is 20.7 Å². The lowest BCUT2D eigenvalue weighted by Gasteiger charge is -2.40. The quantitative estimate of drug-likeness (QED) is 0.647. The van der Waals surface area contributed by atoms with Crippen LogP contribution in [0.25, 0.3) is 0 Å². The first kappa shape index (κ1) is 14.0. The molecule has 0 unspecified atom stereocenters. The molecule has 0 atom stereocenters. The first-order chi connectivity index (χ1) is 6.06. The van der Waals surface area contributed by atoms with E-state index in [9.17, 15) is 0 Å². The predicted molar refractivity (Wildman–Crippen MR) is 62.5 cm³/mol. The van der Waals surface area contributed by atoms with Gasteiger partial charge in [0.05, 0.1) is 5.60 Å². The first-order valence-electron chi connectivity index (χ1n) is 5.39. The molecule has 0 radical (unpaired) electrons. The summed E-state index contributed by atoms with van der Waals surface area (Å²) in [5, 5.41) is 0. The molecule has 0 heterocycles. The van der Waals surface area contributed by atoms with Gasteiger partial charge in [0.25, 0.3) is 0 Å². The average Bonchev–Trinajstić information content (AvgIpc) is 1.79. The van der Waals surface area contributed by atoms with Crippen LogP contribution >= 0.6 is 0 Å². The fraction of sp³-hybridized carbons (Fsp3) is 1.00. The Kier molecular flexibility index (Phi) is 4.66. The molecule has 84 valence electrons. The summed E-state index contributed by atoms with van der Waals surface area (Å²) in [7, 11) is -0.149. The highest BCUT2D eigenvalue weighted by molar-refractivity contribution is 6.42. The zero-order valence-corrected chi connectivity index (χ0v) is 11.0. The molecule has 0 aliphatic carbocycles. The summed E-state index contributed by atoms with van der Waals surface area (Å²) in [6.45, 7) is 16.7. The summed E-state index contributed by atoms with van der Waals surface area (Å²) in [6.07, 6.45) is 0.209. The van der Waals surface area contributed by atoms with Crippen molar-refractivity contribution in [1.82, 2.24) is 0 Å². The molecular formula is C11H25BO2. The zero-order chi connectivity index (χ0) is 11.6. The molecule has 0 aliphatic heterocycles. The minimum absolute atomic E-state index is 0.113. The molecule has 0 aromatic carbocycles. The van der Waals surface area contributed by atoms with Crippen LogP contribution in [0, 0.1) is 5.41 Å². The van der Waals surface area contributed by atoms with Gasteiger partial charge in [-0.1, -0.05) is 20.8 Å². The highest BCUT2D eigenvalue weighted by Crippen LogP contribution is 2.33. The fourth-order valence-corrected chi connectivity index (χ4v) is 1.00. The molecule has 0 fully saturated rings. The van der Waals surface area contributed by atoms with E-state index in [0.717, 1.165) is 0 Å². The molecule has 0 saturated carbocycles. The van der Waals surface area contributed by atoms with Crippen LogP contribution in [0.4, 0.5) is 0 Å². The van der Waals surface area contributed by atoms with E-state index in [2.05, 4.69) is 34.6 Å². The molecule has 0 saturated heterocycles. The SMILES string of the molecule is CB(OC(C)C)OC(C)(C)C(C)(C)C. The molecule has 0 aromatic rings. The predicted octanol–water partition coefficient (Wildman–Crippen LogP) is 3.37. The van der Waals surface area contributed by atoms with Crippen molar-refractivity contribution in [3.8, 4) is 0 Å². The molecule has 0 rings (SSSR count). The van der Waals surface area contributed by atoms with Crippen LogP contribution in [0.5, 0.6) is 0 Å². The Bertz CT molecular complexity index is 171. The summed E-state index contributed by atoms with van der Waals surface area (Å²) < 4.78 is 11.4. The summed E-state index contributed by atoms with van der Waals surface area (Å²) in [4.78, 5) is 0. The second kappa shape index (κ2) is 4.67. The largest absolute Gasteiger partial charge is 0.454 e. The minimum atomic E-state index is -0.179. The van der Waals surface area contributed by atoms with E-state index in [1.54, 1.807) is 0 Å². The van der Waals surface area contributed by atoms with Crippen molar-refractivity contribution in [3.63, 3.8) is 0 Å². The Morgan fingerprint density at radius 3 is 1.71 bits per heavy atom. The topological polar surface area (TPSA) is 18.5 Å². The number of rotatable bonds is 4. The molecule has 0 amide bonds. The van der Waals surface area contributed by atoms with Crippen LogP contribution in [0.15, 0.2) is 0 Å². The van der Waals surface area contributed by atoms with Gasteiger partial charge in [-0.15, -0.1) is 0 Å². The van der Waals surface area contributed by atoms with Crippen molar-refractivity contribution < 1.29 is 9.31 Å². The third kappa shape index (κ3) is 4.47. The molecule has 0 bridgehead atoms. The number of hydrogen-bond acceptors (Lipinski definition) is 2. The smallest absolute Gasteiger partial charge is 0.409 e. The second-order valence-electron chi connectivity index (χ2n) is 5.63. The van der Waals surface area contributed by atoms with E-state index in [1.165, 1.54) is 0 Å². The van der Waals surface area contributed by atoms with Gasteiger partial charge in [-0.2, -0.15) is 0 Å². The Morgan fingerprint density at radius 2 is 1.43 bits per heavy atom. The molecule has 0 spiro atoms. The summed E-state index contributed by atoms with van der Waals surface area (Å²) in [5.74, 6) is 0. The third-order valence-corrected chi connectivity index (χ3v) is 2.73. The standard InChI is InChI=1S/C11H25BO2/c1-9(2)13-12(8)14-11(6,7)10(3,4)5/h9H,1-8H3. The van der Waals surface area contributed by atoms with Crippen LogP contribution in [0.1, 0.15) is 48.5 Å². The third-order valence-electron chi connectivity index (χ3n) is 2.73. The van der Waals surface area contributed by atoms with Crippen molar-refractivity contribution in [2.24, 2.45) is 5.41 Å². The maximum Gasteiger partial charge on any atom is 0.454 e. The van der Waals surface area contributed by atoms with E-state index >= 15 is 0 Å². The van der Waals surface area contributed by atoms with Gasteiger partial charge in [-0.3, -0.25) is 0 Å². The van der Waals surface area contributed by atoms with Gasteiger partial charge >= 0.3 is 7.12 Å². The Morgan fingerprint density at radius 1 is 1.00 bits per heavy atom. The van der Waals surface area contributed by atoms with Gasteiger partial charge in [0, 0.05) is 6.10 Å². The van der Waals surface area contributed by atoms with Gasteiger partial charge in [0.1, 0.15) is 0 Å². The lowest BCUT2D eigenvalue weighted by atomic mass is 9.77. The van der Waals surface area contributed by atoms with Crippen molar-refractivity contribution >= 4 is 7.12 Å². The maximum absolute atomic E-state index is 5.89. The van der Waals surface area contributed by atoms with Gasteiger partial charge in [0.2, 0.25) is 0 Å². The second-order valence-corrected chi connectivity index (χ2v) is 5.63. The van der Waals surface area contributed by atoms with Crippen LogP contribution in [-0.2, 0) is 9.31 Å². The molecule has 2 nitrogen and oxygen atoms in total. The molecule has 14 heavy (non-hydrogen) atoms. The molecular weight excluding hydrogens is 175 g/mol. The van der Waals surface area contributed by atoms with Crippen LogP contribution in [0.3, 0.4) is 0 Å². The zero-order valence-electron chi connectivity index (χ0n) is 11.0. The first-order valence-corrected chi connectivity index (χ1v) is 5.39. The molecule has 3 heteroatoms. The molecule has 0 N–H and O–H groups in total. The summed E-state index contributed by atoms with van der Waals surface area (Å²) >= 11 is 0. The van der Waals surface area contributed by atoms with E-state index < -0.39 is 0 Å². The van der Waals surface area contributed by atoms with Gasteiger partial charge < -0.3 is 9.31 Å². The van der Waals surface area contributed by atoms with Gasteiger partial charge in [0.15, 0.2) is 0 Å². The van der Waals surface area contributed by atoms with Crippen molar-refractivity contribution in [1.29, 1.82) is 0 Å². The van der Waals surface area contributed by atoms with Gasteiger partial charge in [-0.05, 0) is 39.9 Å². The van der Waals surface area contributed by atoms with E-state index in [0.29, 0.717) is 0 Å². The fourth-order valence-electron chi connectivity index (χ4n) is 1.00. The van der Waals surface area contributed by atoms with Crippen molar-refractivity contribution in [2.75, 3.05) is 0 Å². The molecule has 0 aromatic heterocycles. The summed E-state index contributed by atoms with van der Waals surface area (Å²) in [6, 6.07) is 0. The summed E-state index contributed by atoms with van der Waals surface area (Å²) in [5.41, 5.74) is -0.0666. The van der Waals surface area contributed by atoms with Crippen molar-refractivity contribution in [2.45, 2.75) is 67.0 Å². The van der Waals surface area contributed by atoms with Crippen LogP contribution in [-0.4, -0.2) is 18.8 Å². The number of hydrogen-bond donors (Lipinski definition) is 0. The van der Waals surface area contributed by atoms with E-state index in [4.69, 9.17) is 9.31 Å². The lowest BCUT2D eigenvalue weighted by molar-refractivity contribution is -0.0255. The normalized spacial score (nSPS) is 13.5. The maximum atomic E-state index is 5.89. The van der Waals surface area contributed by atoms with Crippen LogP contribution < -0.4 is 0 Å². The lowest BCUT2D eigenvalue weighted by Crippen LogP contribution is -2.44. The Balaban J connectivity index is 4.22.